The van der Waals surface area contributed by atoms with Crippen LogP contribution in [0.1, 0.15) is 5.56 Å². The summed E-state index contributed by atoms with van der Waals surface area (Å²) in [5, 5.41) is 0. The van der Waals surface area contributed by atoms with Crippen LogP contribution in [0, 0.1) is 0 Å². The Balaban J connectivity index is 2.09. The minimum Gasteiger partial charge on any atom is -0.476 e. The average Bonchev–Trinajstić information content (AvgIpc) is 2.67. The normalized spacial score (nSPS) is 15.6. The number of anilines is 1. The molecule has 1 aliphatic rings. The van der Waals surface area contributed by atoms with Crippen molar-refractivity contribution in [3.05, 3.63) is 35.9 Å². The van der Waals surface area contributed by atoms with E-state index in [1.165, 1.54) is 0 Å². The quantitative estimate of drug-likeness (QED) is 0.718. The van der Waals surface area contributed by atoms with Crippen LogP contribution >= 0.6 is 0 Å². The molecule has 0 saturated heterocycles. The standard InChI is InChI=1S/C11H12N2O/c12-10-3-1-2-9(8-10)4-5-11-13-6-7-14-11/h1-5,8H,6-7,12H2/b5-4+. The molecule has 0 fully saturated rings. The number of ether oxygens (including phenoxy) is 1. The van der Waals surface area contributed by atoms with Crippen LogP contribution in [-0.4, -0.2) is 19.0 Å². The Hall–Kier alpha value is -1.77. The van der Waals surface area contributed by atoms with Gasteiger partial charge in [-0.3, -0.25) is 0 Å². The van der Waals surface area contributed by atoms with E-state index in [-0.39, 0.29) is 0 Å². The lowest BCUT2D eigenvalue weighted by molar-refractivity contribution is 0.350. The second-order valence-electron chi connectivity index (χ2n) is 3.07. The first-order chi connectivity index (χ1) is 6.84. The highest BCUT2D eigenvalue weighted by atomic mass is 16.5. The molecule has 0 unspecified atom stereocenters. The fraction of sp³-hybridized carbons (Fsp3) is 0.182. The molecule has 3 heteroatoms. The molecule has 2 N–H and O–H groups in total. The Bertz CT molecular complexity index is 383. The van der Waals surface area contributed by atoms with Crippen LogP contribution in [-0.2, 0) is 4.74 Å². The van der Waals surface area contributed by atoms with Gasteiger partial charge in [-0.25, -0.2) is 4.99 Å². The zero-order valence-corrected chi connectivity index (χ0v) is 7.81. The fourth-order valence-electron chi connectivity index (χ4n) is 1.28. The van der Waals surface area contributed by atoms with Crippen molar-refractivity contribution in [3.63, 3.8) is 0 Å². The first-order valence-corrected chi connectivity index (χ1v) is 4.55. The van der Waals surface area contributed by atoms with E-state index in [1.54, 1.807) is 0 Å². The highest BCUT2D eigenvalue weighted by Crippen LogP contribution is 2.08. The van der Waals surface area contributed by atoms with Crippen LogP contribution in [0.25, 0.3) is 6.08 Å². The van der Waals surface area contributed by atoms with Crippen LogP contribution in [0.5, 0.6) is 0 Å². The lowest BCUT2D eigenvalue weighted by Gasteiger charge is -1.96. The second kappa shape index (κ2) is 3.96. The zero-order chi connectivity index (χ0) is 9.80. The predicted molar refractivity (Wildman–Crippen MR) is 58.1 cm³/mol. The third-order valence-corrected chi connectivity index (χ3v) is 1.94. The molecule has 0 atom stereocenters. The Morgan fingerprint density at radius 3 is 3.00 bits per heavy atom. The van der Waals surface area contributed by atoms with Gasteiger partial charge in [-0.15, -0.1) is 0 Å². The molecule has 1 aliphatic heterocycles. The molecule has 1 aromatic rings. The molecule has 0 spiro atoms. The van der Waals surface area contributed by atoms with Crippen molar-refractivity contribution < 1.29 is 4.74 Å². The third-order valence-electron chi connectivity index (χ3n) is 1.94. The Kier molecular flexibility index (Phi) is 2.49. The predicted octanol–water partition coefficient (Wildman–Crippen LogP) is 1.71. The Labute approximate surface area is 82.9 Å². The van der Waals surface area contributed by atoms with Gasteiger partial charge in [-0.1, -0.05) is 12.1 Å². The van der Waals surface area contributed by atoms with Gasteiger partial charge in [0.05, 0.1) is 6.54 Å². The van der Waals surface area contributed by atoms with E-state index in [9.17, 15) is 0 Å². The molecule has 0 radical (unpaired) electrons. The number of nitrogens with two attached hydrogens (primary N) is 1. The number of aliphatic imine (C=N–C) groups is 1. The number of benzene rings is 1. The highest BCUT2D eigenvalue weighted by Gasteiger charge is 2.01. The molecule has 2 rings (SSSR count). The van der Waals surface area contributed by atoms with Gasteiger partial charge in [0.2, 0.25) is 5.90 Å². The van der Waals surface area contributed by atoms with Gasteiger partial charge in [0, 0.05) is 11.8 Å². The van der Waals surface area contributed by atoms with Crippen LogP contribution in [0.2, 0.25) is 0 Å². The maximum absolute atomic E-state index is 5.65. The van der Waals surface area contributed by atoms with E-state index >= 15 is 0 Å². The first-order valence-electron chi connectivity index (χ1n) is 4.55. The Morgan fingerprint density at radius 1 is 1.36 bits per heavy atom. The molecular formula is C11H12N2O. The van der Waals surface area contributed by atoms with Crippen LogP contribution in [0.15, 0.2) is 35.3 Å². The summed E-state index contributed by atoms with van der Waals surface area (Å²) in [4.78, 5) is 4.15. The van der Waals surface area contributed by atoms with Crippen molar-refractivity contribution in [2.45, 2.75) is 0 Å². The van der Waals surface area contributed by atoms with Crippen LogP contribution in [0.3, 0.4) is 0 Å². The smallest absolute Gasteiger partial charge is 0.208 e. The van der Waals surface area contributed by atoms with Gasteiger partial charge in [0.15, 0.2) is 0 Å². The van der Waals surface area contributed by atoms with Crippen molar-refractivity contribution in [3.8, 4) is 0 Å². The van der Waals surface area contributed by atoms with E-state index in [0.29, 0.717) is 12.5 Å². The molecule has 0 saturated carbocycles. The van der Waals surface area contributed by atoms with Crippen LogP contribution in [0.4, 0.5) is 5.69 Å². The lowest BCUT2D eigenvalue weighted by Crippen LogP contribution is -1.93. The summed E-state index contributed by atoms with van der Waals surface area (Å²) in [6, 6.07) is 7.68. The minimum absolute atomic E-state index is 0.691. The van der Waals surface area contributed by atoms with Crippen molar-refractivity contribution in [1.29, 1.82) is 0 Å². The summed E-state index contributed by atoms with van der Waals surface area (Å²) in [6.45, 7) is 1.45. The SMILES string of the molecule is Nc1cccc(/C=C/C2=NCCO2)c1. The van der Waals surface area contributed by atoms with E-state index in [4.69, 9.17) is 10.5 Å². The third kappa shape index (κ3) is 2.13. The van der Waals surface area contributed by atoms with Gasteiger partial charge in [-0.05, 0) is 23.8 Å². The summed E-state index contributed by atoms with van der Waals surface area (Å²) in [6.07, 6.45) is 3.81. The highest BCUT2D eigenvalue weighted by molar-refractivity contribution is 5.92. The van der Waals surface area contributed by atoms with Gasteiger partial charge in [-0.2, -0.15) is 0 Å². The zero-order valence-electron chi connectivity index (χ0n) is 7.81. The maximum atomic E-state index is 5.65. The van der Waals surface area contributed by atoms with Crippen molar-refractivity contribution in [2.75, 3.05) is 18.9 Å². The van der Waals surface area contributed by atoms with E-state index in [2.05, 4.69) is 4.99 Å². The molecule has 0 aliphatic carbocycles. The molecule has 14 heavy (non-hydrogen) atoms. The molecule has 3 nitrogen and oxygen atoms in total. The number of nitrogen functional groups attached to an aromatic ring is 1. The molecule has 1 heterocycles. The minimum atomic E-state index is 0.691. The monoisotopic (exact) mass is 188 g/mol. The van der Waals surface area contributed by atoms with Crippen molar-refractivity contribution in [2.24, 2.45) is 4.99 Å². The summed E-state index contributed by atoms with van der Waals surface area (Å²) in [7, 11) is 0. The second-order valence-corrected chi connectivity index (χ2v) is 3.07. The van der Waals surface area contributed by atoms with Gasteiger partial charge in [0.1, 0.15) is 6.61 Å². The largest absolute Gasteiger partial charge is 0.476 e. The van der Waals surface area contributed by atoms with Gasteiger partial charge >= 0.3 is 0 Å². The maximum Gasteiger partial charge on any atom is 0.208 e. The van der Waals surface area contributed by atoms with E-state index in [1.807, 2.05) is 36.4 Å². The van der Waals surface area contributed by atoms with Crippen molar-refractivity contribution in [1.82, 2.24) is 0 Å². The molecule has 0 bridgehead atoms. The topological polar surface area (TPSA) is 47.6 Å². The first kappa shape index (κ1) is 8.81. The Morgan fingerprint density at radius 2 is 2.29 bits per heavy atom. The van der Waals surface area contributed by atoms with Gasteiger partial charge in [0.25, 0.3) is 0 Å². The fourth-order valence-corrected chi connectivity index (χ4v) is 1.28. The summed E-state index contributed by atoms with van der Waals surface area (Å²) >= 11 is 0. The number of hydrogen-bond donors (Lipinski definition) is 1. The van der Waals surface area contributed by atoms with E-state index in [0.717, 1.165) is 17.8 Å². The van der Waals surface area contributed by atoms with Crippen molar-refractivity contribution >= 4 is 17.7 Å². The number of rotatable bonds is 2. The molecular weight excluding hydrogens is 176 g/mol. The number of nitrogens with zero attached hydrogens (tertiary/aromatic N) is 1. The summed E-state index contributed by atoms with van der Waals surface area (Å²) in [5.41, 5.74) is 7.47. The lowest BCUT2D eigenvalue weighted by atomic mass is 10.2. The molecule has 1 aromatic carbocycles. The average molecular weight is 188 g/mol. The number of hydrogen-bond acceptors (Lipinski definition) is 3. The van der Waals surface area contributed by atoms with Gasteiger partial charge < -0.3 is 10.5 Å². The van der Waals surface area contributed by atoms with Crippen LogP contribution < -0.4 is 5.73 Å². The summed E-state index contributed by atoms with van der Waals surface area (Å²) in [5.74, 6) is 0.701. The molecule has 0 aromatic heterocycles. The molecule has 72 valence electrons. The summed E-state index contributed by atoms with van der Waals surface area (Å²) < 4.78 is 5.24. The van der Waals surface area contributed by atoms with E-state index < -0.39 is 0 Å². The molecule has 0 amide bonds.